The molecule has 0 atom stereocenters. The summed E-state index contributed by atoms with van der Waals surface area (Å²) < 4.78 is 37.9. The van der Waals surface area contributed by atoms with Gasteiger partial charge in [-0.25, -0.2) is 0 Å². The molecular weight excluding hydrogens is 845 g/mol. The van der Waals surface area contributed by atoms with Crippen LogP contribution < -0.4 is 5.19 Å². The van der Waals surface area contributed by atoms with Crippen LogP contribution in [0.25, 0.3) is 66.4 Å². The normalized spacial score (nSPS) is 12.9. The summed E-state index contributed by atoms with van der Waals surface area (Å²) in [6.45, 7) is 10.7. The molecule has 0 aliphatic heterocycles. The summed E-state index contributed by atoms with van der Waals surface area (Å²) >= 11 is 0. The van der Waals surface area contributed by atoms with Crippen molar-refractivity contribution < 1.29 is 33.1 Å². The number of nitrogens with zero attached hydrogens (tertiary/aromatic N) is 2. The average molecular weight is 888 g/mol. The monoisotopic (exact) mass is 888 g/mol. The fraction of sp³-hybridized carbons (Fsp3) is 0.149. The third kappa shape index (κ3) is 7.41. The topological polar surface area (TPSA) is 52.1 Å². The molecule has 53 heavy (non-hydrogen) atoms. The zero-order valence-electron chi connectivity index (χ0n) is 33.2. The zero-order chi connectivity index (χ0) is 38.5. The number of pyridine rings is 2. The van der Waals surface area contributed by atoms with E-state index in [1.54, 1.807) is 6.20 Å². The Kier molecular flexibility index (Phi) is 9.25. The van der Waals surface area contributed by atoms with Crippen LogP contribution in [-0.4, -0.2) is 18.0 Å². The van der Waals surface area contributed by atoms with Gasteiger partial charge in [0.1, 0.15) is 11.2 Å². The predicted octanol–water partition coefficient (Wildman–Crippen LogP) is 12.2. The quantitative estimate of drug-likeness (QED) is 0.123. The summed E-state index contributed by atoms with van der Waals surface area (Å²) in [6.07, 6.45) is 2.11. The maximum absolute atomic E-state index is 8.68. The van der Waals surface area contributed by atoms with E-state index in [1.165, 1.54) is 5.19 Å². The van der Waals surface area contributed by atoms with Gasteiger partial charge < -0.3 is 18.8 Å². The van der Waals surface area contributed by atoms with Crippen LogP contribution in [0.4, 0.5) is 0 Å². The van der Waals surface area contributed by atoms with Gasteiger partial charge >= 0.3 is 0 Å². The van der Waals surface area contributed by atoms with Crippen molar-refractivity contribution in [1.82, 2.24) is 9.97 Å². The smallest absolute Gasteiger partial charge is 0.121 e. The molecule has 9 aromatic rings. The van der Waals surface area contributed by atoms with Crippen molar-refractivity contribution in [2.24, 2.45) is 0 Å². The van der Waals surface area contributed by atoms with E-state index >= 15 is 0 Å². The first kappa shape index (κ1) is 32.5. The average Bonchev–Trinajstić information content (AvgIpc) is 3.76. The molecule has 0 unspecified atom stereocenters. The molecule has 0 amide bonds. The molecule has 0 saturated heterocycles. The summed E-state index contributed by atoms with van der Waals surface area (Å²) in [6, 6.07) is 45.2. The van der Waals surface area contributed by atoms with Gasteiger partial charge in [-0.2, -0.15) is 0 Å². The van der Waals surface area contributed by atoms with Crippen molar-refractivity contribution in [1.29, 1.82) is 0 Å². The van der Waals surface area contributed by atoms with Gasteiger partial charge in [0.05, 0.1) is 19.2 Å². The van der Waals surface area contributed by atoms with Crippen LogP contribution in [0.15, 0.2) is 143 Å². The zero-order valence-corrected chi connectivity index (χ0v) is 33.6. The van der Waals surface area contributed by atoms with E-state index in [1.807, 2.05) is 129 Å². The molecule has 0 aliphatic rings. The summed E-state index contributed by atoms with van der Waals surface area (Å²) in [5, 5.41) is 5.41. The third-order valence-corrected chi connectivity index (χ3v) is 11.3. The summed E-state index contributed by atoms with van der Waals surface area (Å²) in [5.41, 5.74) is 8.44. The largest absolute Gasteiger partial charge is 0.501 e. The second kappa shape index (κ2) is 15.1. The Bertz CT molecular complexity index is 2820. The van der Waals surface area contributed by atoms with Crippen molar-refractivity contribution in [3.8, 4) is 22.5 Å². The first-order chi connectivity index (χ1) is 26.3. The molecule has 0 spiro atoms. The third-order valence-electron chi connectivity index (χ3n) is 9.31. The molecule has 9 rings (SSSR count). The van der Waals surface area contributed by atoms with Gasteiger partial charge in [0, 0.05) is 47.4 Å². The van der Waals surface area contributed by atoms with Gasteiger partial charge in [0.25, 0.3) is 0 Å². The fourth-order valence-electron chi connectivity index (χ4n) is 6.44. The molecule has 4 heterocycles. The molecule has 5 aromatic carbocycles. The second-order valence-electron chi connectivity index (χ2n) is 14.2. The molecule has 4 aromatic heterocycles. The van der Waals surface area contributed by atoms with Crippen LogP contribution in [0.5, 0.6) is 0 Å². The Morgan fingerprint density at radius 2 is 1.32 bits per heavy atom. The van der Waals surface area contributed by atoms with E-state index in [-0.39, 0.29) is 20.1 Å². The van der Waals surface area contributed by atoms with Gasteiger partial charge in [0.2, 0.25) is 0 Å². The van der Waals surface area contributed by atoms with E-state index in [0.29, 0.717) is 16.7 Å². The number of furan rings is 2. The number of rotatable bonds is 6. The Morgan fingerprint density at radius 1 is 0.660 bits per heavy atom. The minimum atomic E-state index is -1.61. The Labute approximate surface area is 329 Å². The molecule has 0 fully saturated rings. The van der Waals surface area contributed by atoms with E-state index in [4.69, 9.17) is 17.9 Å². The van der Waals surface area contributed by atoms with Gasteiger partial charge in [-0.3, -0.25) is 0 Å². The van der Waals surface area contributed by atoms with Gasteiger partial charge in [-0.05, 0) is 58.2 Å². The molecule has 0 N–H and O–H groups in total. The number of hydrogen-bond acceptors (Lipinski definition) is 4. The van der Waals surface area contributed by atoms with Crippen LogP contribution in [0.2, 0.25) is 19.6 Å². The number of fused-ring (bicyclic) bond motifs is 6. The molecule has 265 valence electrons. The minimum Gasteiger partial charge on any atom is -0.501 e. The summed E-state index contributed by atoms with van der Waals surface area (Å²) in [7, 11) is -1.42. The second-order valence-corrected chi connectivity index (χ2v) is 19.3. The maximum atomic E-state index is 8.68. The first-order valence-electron chi connectivity index (χ1n) is 19.0. The van der Waals surface area contributed by atoms with Gasteiger partial charge in [-0.1, -0.05) is 140 Å². The number of para-hydroxylation sites is 1. The van der Waals surface area contributed by atoms with Crippen molar-refractivity contribution >= 4 is 57.1 Å². The van der Waals surface area contributed by atoms with Crippen LogP contribution in [0.1, 0.15) is 40.5 Å². The van der Waals surface area contributed by atoms with Crippen LogP contribution in [-0.2, 0) is 26.5 Å². The molecule has 1 radical (unpaired) electrons. The van der Waals surface area contributed by atoms with Crippen molar-refractivity contribution in [3.63, 3.8) is 0 Å². The number of benzene rings is 5. The number of hydrogen-bond donors (Lipinski definition) is 0. The van der Waals surface area contributed by atoms with E-state index in [2.05, 4.69) is 48.9 Å². The molecule has 4 nitrogen and oxygen atoms in total. The van der Waals surface area contributed by atoms with Gasteiger partial charge in [0.15, 0.2) is 0 Å². The van der Waals surface area contributed by atoms with Crippen molar-refractivity contribution in [3.05, 3.63) is 163 Å². The first-order valence-corrected chi connectivity index (χ1v) is 21.0. The van der Waals surface area contributed by atoms with Crippen molar-refractivity contribution in [2.45, 2.75) is 45.8 Å². The predicted molar refractivity (Wildman–Crippen MR) is 218 cm³/mol. The standard InChI is InChI=1S/C27H24NOSi.C20H16NO.Ir/c1-30(2,3)21-13-15-25(28-18-21)24-11-7-10-23-22-14-12-20(17-26(22)29-27(23)24)16-19-8-5-4-6-9-19;1-13(2)14-10-11-21-18(12-14)17-8-5-7-16-15-6-3-4-9-19(15)22-20(16)17;/h4-10,12-15,17-18H,16H2,1-3H3;3-7,9-13H,1-2H3;/q2*-1;/i16D2;13D;. The molecule has 0 saturated carbocycles. The van der Waals surface area contributed by atoms with E-state index in [9.17, 15) is 0 Å². The Hall–Kier alpha value is -5.13. The molecule has 0 aliphatic carbocycles. The Morgan fingerprint density at radius 3 is 2.00 bits per heavy atom. The van der Waals surface area contributed by atoms with Crippen LogP contribution in [0.3, 0.4) is 0 Å². The number of aromatic nitrogens is 2. The summed E-state index contributed by atoms with van der Waals surface area (Å²) in [5.74, 6) is -0.667. The molecule has 6 heteroatoms. The van der Waals surface area contributed by atoms with Crippen molar-refractivity contribution in [2.75, 3.05) is 0 Å². The minimum absolute atomic E-state index is 0. The van der Waals surface area contributed by atoms with E-state index < -0.39 is 20.3 Å². The fourth-order valence-corrected chi connectivity index (χ4v) is 7.48. The molecular formula is C47H40IrN2O2Si-2. The summed E-state index contributed by atoms with van der Waals surface area (Å²) in [4.78, 5) is 9.18. The van der Waals surface area contributed by atoms with Crippen LogP contribution in [0, 0.1) is 12.1 Å². The SMILES string of the molecule is [2H]C(C)(C)c1ccnc(-c2[c-]ccc3c2oc2ccccc23)c1.[2H]C([2H])(c1ccccc1)c1ccc2c(c1)oc1c(-c3ccc([Si](C)(C)C)cn3)[c-]ccc12.[Ir]. The Balaban J connectivity index is 0.000000177. The van der Waals surface area contributed by atoms with E-state index in [0.717, 1.165) is 66.4 Å². The van der Waals surface area contributed by atoms with Gasteiger partial charge in [-0.15, -0.1) is 36.4 Å². The van der Waals surface area contributed by atoms with Crippen LogP contribution >= 0.6 is 0 Å². The molecule has 0 bridgehead atoms. The maximum Gasteiger partial charge on any atom is 0.121 e.